The third-order valence-corrected chi connectivity index (χ3v) is 1.91. The number of hydrogen-bond donors (Lipinski definition) is 0. The van der Waals surface area contributed by atoms with Crippen LogP contribution in [0.3, 0.4) is 0 Å². The van der Waals surface area contributed by atoms with Gasteiger partial charge < -0.3 is 0 Å². The summed E-state index contributed by atoms with van der Waals surface area (Å²) in [4.78, 5) is 7.88. The molecule has 0 saturated heterocycles. The summed E-state index contributed by atoms with van der Waals surface area (Å²) in [6.07, 6.45) is 8.49. The Morgan fingerprint density at radius 1 is 1.00 bits per heavy atom. The molecule has 0 aliphatic heterocycles. The minimum absolute atomic E-state index is 0.365. The topological polar surface area (TPSA) is 43.1 Å². The summed E-state index contributed by atoms with van der Waals surface area (Å²) < 4.78 is 1.54. The Balaban J connectivity index is 0.000000153. The second-order valence-corrected chi connectivity index (χ2v) is 3.10. The maximum atomic E-state index is 5.10. The van der Waals surface area contributed by atoms with E-state index in [0.717, 1.165) is 0 Å². The maximum Gasteiger partial charge on any atom is 0.253 e. The first kappa shape index (κ1) is 10.8. The zero-order valence-corrected chi connectivity index (χ0v) is 9.06. The summed E-state index contributed by atoms with van der Waals surface area (Å²) in [7, 11) is 0. The minimum Gasteiger partial charge on any atom is -0.220 e. The van der Waals surface area contributed by atoms with Crippen molar-refractivity contribution < 1.29 is 0 Å². The second kappa shape index (κ2) is 5.42. The van der Waals surface area contributed by atoms with E-state index in [4.69, 9.17) is 6.42 Å². The van der Waals surface area contributed by atoms with Crippen molar-refractivity contribution in [3.8, 4) is 12.3 Å². The largest absolute Gasteiger partial charge is 0.253 e. The Morgan fingerprint density at radius 2 is 1.65 bits per heavy atom. The van der Waals surface area contributed by atoms with Crippen molar-refractivity contribution in [2.24, 2.45) is 0 Å². The van der Waals surface area contributed by atoms with Crippen molar-refractivity contribution in [1.82, 2.24) is 19.6 Å². The van der Waals surface area contributed by atoms with Crippen LogP contribution in [-0.2, 0) is 0 Å². The van der Waals surface area contributed by atoms with Crippen LogP contribution in [-0.4, -0.2) is 19.6 Å². The zero-order chi connectivity index (χ0) is 11.9. The molecular weight excluding hydrogens is 212 g/mol. The van der Waals surface area contributed by atoms with Crippen molar-refractivity contribution in [1.29, 1.82) is 0 Å². The molecular formula is C13H10N4. The first-order valence-corrected chi connectivity index (χ1v) is 5.04. The van der Waals surface area contributed by atoms with Gasteiger partial charge in [0.2, 0.25) is 5.82 Å². The van der Waals surface area contributed by atoms with Crippen LogP contribution < -0.4 is 0 Å². The fourth-order valence-corrected chi connectivity index (χ4v) is 1.18. The molecule has 3 aromatic rings. The molecule has 1 aromatic carbocycles. The lowest BCUT2D eigenvalue weighted by atomic mass is 10.4. The molecule has 0 radical (unpaired) electrons. The quantitative estimate of drug-likeness (QED) is 0.545. The van der Waals surface area contributed by atoms with Crippen LogP contribution >= 0.6 is 0 Å². The van der Waals surface area contributed by atoms with Crippen LogP contribution in [0.2, 0.25) is 0 Å². The van der Waals surface area contributed by atoms with E-state index < -0.39 is 0 Å². The van der Waals surface area contributed by atoms with Crippen LogP contribution in [0.25, 0.3) is 5.78 Å². The van der Waals surface area contributed by atoms with Gasteiger partial charge in [-0.2, -0.15) is 4.98 Å². The van der Waals surface area contributed by atoms with E-state index >= 15 is 0 Å². The van der Waals surface area contributed by atoms with Crippen molar-refractivity contribution in [2.75, 3.05) is 0 Å². The molecule has 0 aliphatic rings. The lowest BCUT2D eigenvalue weighted by Gasteiger charge is -1.83. The Morgan fingerprint density at radius 3 is 2.18 bits per heavy atom. The number of hydrogen-bond acceptors (Lipinski definition) is 3. The lowest BCUT2D eigenvalue weighted by molar-refractivity contribution is 0.932. The number of nitrogens with zero attached hydrogens (tertiary/aromatic N) is 4. The molecule has 2 heterocycles. The van der Waals surface area contributed by atoms with Crippen LogP contribution in [0.4, 0.5) is 0 Å². The van der Waals surface area contributed by atoms with Crippen LogP contribution in [0.15, 0.2) is 54.9 Å². The Hall–Kier alpha value is -2.67. The van der Waals surface area contributed by atoms with E-state index in [-0.39, 0.29) is 0 Å². The molecule has 0 N–H and O–H groups in total. The highest BCUT2D eigenvalue weighted by Gasteiger charge is 1.98. The van der Waals surface area contributed by atoms with Gasteiger partial charge in [-0.15, -0.1) is 11.5 Å². The van der Waals surface area contributed by atoms with Crippen molar-refractivity contribution in [3.63, 3.8) is 0 Å². The minimum atomic E-state index is 0.365. The third-order valence-electron chi connectivity index (χ3n) is 1.91. The standard InChI is InChI=1S/C7H4N4.C6H6/c1-2-6-9-7-8-4-3-5-11(7)10-6;1-2-4-6-5-3-1/h1,3-5H;1-6H. The molecule has 0 atom stereocenters. The van der Waals surface area contributed by atoms with Gasteiger partial charge in [-0.3, -0.25) is 0 Å². The smallest absolute Gasteiger partial charge is 0.220 e. The molecule has 82 valence electrons. The first-order valence-electron chi connectivity index (χ1n) is 5.04. The molecule has 4 heteroatoms. The summed E-state index contributed by atoms with van der Waals surface area (Å²) >= 11 is 0. The van der Waals surface area contributed by atoms with Crippen LogP contribution in [0.5, 0.6) is 0 Å². The summed E-state index contributed by atoms with van der Waals surface area (Å²) in [6, 6.07) is 13.8. The number of aromatic nitrogens is 4. The van der Waals surface area contributed by atoms with Gasteiger partial charge in [-0.05, 0) is 12.0 Å². The maximum absolute atomic E-state index is 5.10. The van der Waals surface area contributed by atoms with Gasteiger partial charge in [0, 0.05) is 12.4 Å². The molecule has 0 unspecified atom stereocenters. The van der Waals surface area contributed by atoms with Gasteiger partial charge in [-0.25, -0.2) is 9.50 Å². The normalized spacial score (nSPS) is 9.12. The van der Waals surface area contributed by atoms with Gasteiger partial charge >= 0.3 is 0 Å². The molecule has 17 heavy (non-hydrogen) atoms. The molecule has 4 nitrogen and oxygen atoms in total. The molecule has 0 spiro atoms. The fourth-order valence-electron chi connectivity index (χ4n) is 1.18. The molecule has 2 aromatic heterocycles. The van der Waals surface area contributed by atoms with E-state index in [2.05, 4.69) is 21.0 Å². The second-order valence-electron chi connectivity index (χ2n) is 3.10. The number of benzene rings is 1. The predicted molar refractivity (Wildman–Crippen MR) is 65.2 cm³/mol. The summed E-state index contributed by atoms with van der Waals surface area (Å²) in [5, 5.41) is 3.94. The van der Waals surface area contributed by atoms with Gasteiger partial charge in [0.1, 0.15) is 0 Å². The van der Waals surface area contributed by atoms with Crippen LogP contribution in [0.1, 0.15) is 5.82 Å². The van der Waals surface area contributed by atoms with Gasteiger partial charge in [-0.1, -0.05) is 36.4 Å². The van der Waals surface area contributed by atoms with Gasteiger partial charge in [0.05, 0.1) is 0 Å². The molecule has 0 fully saturated rings. The highest BCUT2D eigenvalue weighted by molar-refractivity contribution is 5.29. The average Bonchev–Trinajstić information content (AvgIpc) is 2.84. The Bertz CT molecular complexity index is 563. The van der Waals surface area contributed by atoms with E-state index in [0.29, 0.717) is 11.6 Å². The molecule has 3 rings (SSSR count). The number of rotatable bonds is 0. The zero-order valence-electron chi connectivity index (χ0n) is 9.06. The molecule has 0 aliphatic carbocycles. The van der Waals surface area contributed by atoms with Crippen molar-refractivity contribution in [2.45, 2.75) is 0 Å². The monoisotopic (exact) mass is 222 g/mol. The number of fused-ring (bicyclic) bond motifs is 1. The average molecular weight is 222 g/mol. The predicted octanol–water partition coefficient (Wildman–Crippen LogP) is 1.79. The van der Waals surface area contributed by atoms with E-state index in [9.17, 15) is 0 Å². The highest BCUT2D eigenvalue weighted by Crippen LogP contribution is 1.93. The van der Waals surface area contributed by atoms with E-state index in [1.54, 1.807) is 18.5 Å². The van der Waals surface area contributed by atoms with Crippen molar-refractivity contribution in [3.05, 3.63) is 60.7 Å². The Kier molecular flexibility index (Phi) is 3.46. The highest BCUT2D eigenvalue weighted by atomic mass is 15.3. The SMILES string of the molecule is C#Cc1nc2ncccn2n1.c1ccccc1. The van der Waals surface area contributed by atoms with Gasteiger partial charge in [0.15, 0.2) is 0 Å². The summed E-state index contributed by atoms with van der Waals surface area (Å²) in [5.74, 6) is 3.23. The Labute approximate surface area is 99.0 Å². The van der Waals surface area contributed by atoms with Crippen LogP contribution in [0, 0.1) is 12.3 Å². The first-order chi connectivity index (χ1) is 8.40. The van der Waals surface area contributed by atoms with E-state index in [1.807, 2.05) is 36.4 Å². The van der Waals surface area contributed by atoms with E-state index in [1.165, 1.54) is 4.52 Å². The lowest BCUT2D eigenvalue weighted by Crippen LogP contribution is -1.87. The summed E-state index contributed by atoms with van der Waals surface area (Å²) in [6.45, 7) is 0. The fraction of sp³-hybridized carbons (Fsp3) is 0. The van der Waals surface area contributed by atoms with Crippen molar-refractivity contribution >= 4 is 5.78 Å². The third kappa shape index (κ3) is 2.89. The molecule has 0 amide bonds. The molecule has 0 saturated carbocycles. The summed E-state index contributed by atoms with van der Waals surface area (Å²) in [5.41, 5.74) is 0. The molecule has 0 bridgehead atoms. The van der Waals surface area contributed by atoms with Gasteiger partial charge in [0.25, 0.3) is 5.78 Å². The number of terminal acetylenes is 1.